The Labute approximate surface area is 107 Å². The van der Waals surface area contributed by atoms with Crippen molar-refractivity contribution in [2.45, 2.75) is 0 Å². The van der Waals surface area contributed by atoms with Gasteiger partial charge in [0.05, 0.1) is 17.0 Å². The molecule has 17 heavy (non-hydrogen) atoms. The van der Waals surface area contributed by atoms with E-state index in [1.807, 2.05) is 6.07 Å². The lowest BCUT2D eigenvalue weighted by Gasteiger charge is -2.07. The first-order valence-electron chi connectivity index (χ1n) is 4.79. The number of rotatable bonds is 3. The number of carboxylic acid groups (broad SMARTS) is 1. The number of carbonyl (C=O) groups is 1. The van der Waals surface area contributed by atoms with Crippen LogP contribution in [0.2, 0.25) is 4.34 Å². The largest absolute Gasteiger partial charge is 0.496 e. The van der Waals surface area contributed by atoms with Gasteiger partial charge in [-0.05, 0) is 30.3 Å². The number of hydrogen-bond donors (Lipinski definition) is 1. The van der Waals surface area contributed by atoms with E-state index in [0.29, 0.717) is 10.1 Å². The summed E-state index contributed by atoms with van der Waals surface area (Å²) in [5.41, 5.74) is 0.967. The Morgan fingerprint density at radius 3 is 2.65 bits per heavy atom. The molecule has 1 heterocycles. The molecular formula is C12H9ClO3S. The number of ether oxygens (including phenoxy) is 1. The van der Waals surface area contributed by atoms with Gasteiger partial charge in [-0.3, -0.25) is 0 Å². The molecule has 0 bridgehead atoms. The van der Waals surface area contributed by atoms with Crippen LogP contribution in [0.15, 0.2) is 30.3 Å². The van der Waals surface area contributed by atoms with Crippen molar-refractivity contribution in [3.63, 3.8) is 0 Å². The third-order valence-corrected chi connectivity index (χ3v) is 3.55. The number of benzene rings is 1. The van der Waals surface area contributed by atoms with Crippen LogP contribution in [0.3, 0.4) is 0 Å². The number of aromatic carboxylic acids is 1. The summed E-state index contributed by atoms with van der Waals surface area (Å²) in [4.78, 5) is 11.8. The molecule has 1 N–H and O–H groups in total. The van der Waals surface area contributed by atoms with Gasteiger partial charge in [0.15, 0.2) is 0 Å². The predicted octanol–water partition coefficient (Wildman–Crippen LogP) is 3.78. The average molecular weight is 269 g/mol. The fraction of sp³-hybridized carbons (Fsp3) is 0.0833. The smallest absolute Gasteiger partial charge is 0.335 e. The van der Waals surface area contributed by atoms with Gasteiger partial charge in [0.1, 0.15) is 5.75 Å². The molecule has 88 valence electrons. The number of methoxy groups -OCH3 is 1. The SMILES string of the molecule is COc1ccc(C(=O)O)cc1-c1ccc(Cl)s1. The van der Waals surface area contributed by atoms with Crippen molar-refractivity contribution in [3.8, 4) is 16.2 Å². The molecule has 0 aliphatic carbocycles. The summed E-state index contributed by atoms with van der Waals surface area (Å²) in [5.74, 6) is -0.329. The van der Waals surface area contributed by atoms with Gasteiger partial charge in [-0.1, -0.05) is 11.6 Å². The van der Waals surface area contributed by atoms with Crippen LogP contribution in [-0.4, -0.2) is 18.2 Å². The van der Waals surface area contributed by atoms with Crippen molar-refractivity contribution in [3.05, 3.63) is 40.2 Å². The summed E-state index contributed by atoms with van der Waals surface area (Å²) in [6, 6.07) is 8.36. The molecule has 2 rings (SSSR count). The van der Waals surface area contributed by atoms with E-state index in [1.165, 1.54) is 17.4 Å². The highest BCUT2D eigenvalue weighted by molar-refractivity contribution is 7.19. The molecule has 0 radical (unpaired) electrons. The summed E-state index contributed by atoms with van der Waals surface area (Å²) < 4.78 is 5.87. The van der Waals surface area contributed by atoms with Gasteiger partial charge in [-0.2, -0.15) is 0 Å². The molecule has 1 aromatic carbocycles. The van der Waals surface area contributed by atoms with Crippen LogP contribution in [-0.2, 0) is 0 Å². The molecule has 0 unspecified atom stereocenters. The number of hydrogen-bond acceptors (Lipinski definition) is 3. The van der Waals surface area contributed by atoms with Gasteiger partial charge in [0.2, 0.25) is 0 Å². The fourth-order valence-corrected chi connectivity index (χ4v) is 2.56. The number of halogens is 1. The molecule has 5 heteroatoms. The Morgan fingerprint density at radius 1 is 1.35 bits per heavy atom. The molecule has 0 saturated heterocycles. The van der Waals surface area contributed by atoms with Crippen LogP contribution in [0.1, 0.15) is 10.4 Å². The molecule has 1 aromatic heterocycles. The van der Waals surface area contributed by atoms with Crippen molar-refractivity contribution in [2.24, 2.45) is 0 Å². The molecule has 0 amide bonds. The molecule has 3 nitrogen and oxygen atoms in total. The van der Waals surface area contributed by atoms with Crippen LogP contribution in [0.25, 0.3) is 10.4 Å². The maximum Gasteiger partial charge on any atom is 0.335 e. The highest BCUT2D eigenvalue weighted by Crippen LogP contribution is 2.37. The van der Waals surface area contributed by atoms with E-state index in [1.54, 1.807) is 25.3 Å². The lowest BCUT2D eigenvalue weighted by molar-refractivity contribution is 0.0697. The first kappa shape index (κ1) is 12.0. The van der Waals surface area contributed by atoms with Gasteiger partial charge in [-0.25, -0.2) is 4.79 Å². The quantitative estimate of drug-likeness (QED) is 0.922. The number of thiophene rings is 1. The maximum absolute atomic E-state index is 10.9. The first-order chi connectivity index (χ1) is 8.11. The van der Waals surface area contributed by atoms with E-state index >= 15 is 0 Å². The zero-order chi connectivity index (χ0) is 12.4. The van der Waals surface area contributed by atoms with E-state index in [9.17, 15) is 4.79 Å². The van der Waals surface area contributed by atoms with Crippen molar-refractivity contribution >= 4 is 28.9 Å². The van der Waals surface area contributed by atoms with Gasteiger partial charge in [0, 0.05) is 10.4 Å². The molecule has 0 spiro atoms. The summed E-state index contributed by atoms with van der Waals surface area (Å²) in [7, 11) is 1.55. The van der Waals surface area contributed by atoms with Crippen LogP contribution in [0.5, 0.6) is 5.75 Å². The zero-order valence-corrected chi connectivity index (χ0v) is 10.5. The molecule has 0 saturated carbocycles. The highest BCUT2D eigenvalue weighted by atomic mass is 35.5. The van der Waals surface area contributed by atoms with Gasteiger partial charge in [0.25, 0.3) is 0 Å². The van der Waals surface area contributed by atoms with E-state index in [4.69, 9.17) is 21.4 Å². The van der Waals surface area contributed by atoms with E-state index in [-0.39, 0.29) is 5.56 Å². The van der Waals surface area contributed by atoms with E-state index in [0.717, 1.165) is 10.4 Å². The highest BCUT2D eigenvalue weighted by Gasteiger charge is 2.12. The average Bonchev–Trinajstić information content (AvgIpc) is 2.74. The third-order valence-electron chi connectivity index (χ3n) is 2.29. The van der Waals surface area contributed by atoms with Crippen molar-refractivity contribution in [1.29, 1.82) is 0 Å². The van der Waals surface area contributed by atoms with Crippen molar-refractivity contribution in [2.75, 3.05) is 7.11 Å². The summed E-state index contributed by atoms with van der Waals surface area (Å²) >= 11 is 7.25. The summed E-state index contributed by atoms with van der Waals surface area (Å²) in [6.45, 7) is 0. The van der Waals surface area contributed by atoms with Crippen LogP contribution in [0, 0.1) is 0 Å². The predicted molar refractivity (Wildman–Crippen MR) is 68.3 cm³/mol. The Morgan fingerprint density at radius 2 is 2.12 bits per heavy atom. The second-order valence-corrected chi connectivity index (χ2v) is 5.04. The van der Waals surface area contributed by atoms with Gasteiger partial charge >= 0.3 is 5.97 Å². The Kier molecular flexibility index (Phi) is 3.36. The molecule has 0 fully saturated rings. The van der Waals surface area contributed by atoms with Gasteiger partial charge < -0.3 is 9.84 Å². The van der Waals surface area contributed by atoms with E-state index < -0.39 is 5.97 Å². The Hall–Kier alpha value is -1.52. The standard InChI is InChI=1S/C12H9ClO3S/c1-16-9-3-2-7(12(14)15)6-8(9)10-4-5-11(13)17-10/h2-6H,1H3,(H,14,15). The lowest BCUT2D eigenvalue weighted by Crippen LogP contribution is -1.97. The zero-order valence-electron chi connectivity index (χ0n) is 8.94. The molecule has 0 atom stereocenters. The first-order valence-corrected chi connectivity index (χ1v) is 5.98. The monoisotopic (exact) mass is 268 g/mol. The van der Waals surface area contributed by atoms with Crippen LogP contribution < -0.4 is 4.74 Å². The van der Waals surface area contributed by atoms with E-state index in [2.05, 4.69) is 0 Å². The minimum absolute atomic E-state index is 0.227. The normalized spacial score (nSPS) is 10.2. The van der Waals surface area contributed by atoms with Gasteiger partial charge in [-0.15, -0.1) is 11.3 Å². The number of carboxylic acids is 1. The fourth-order valence-electron chi connectivity index (χ4n) is 1.49. The molecular weight excluding hydrogens is 260 g/mol. The third kappa shape index (κ3) is 2.43. The minimum Gasteiger partial charge on any atom is -0.496 e. The topological polar surface area (TPSA) is 46.5 Å². The molecule has 2 aromatic rings. The minimum atomic E-state index is -0.962. The molecule has 0 aliphatic rings. The summed E-state index contributed by atoms with van der Waals surface area (Å²) in [5, 5.41) is 8.96. The second kappa shape index (κ2) is 4.77. The lowest BCUT2D eigenvalue weighted by atomic mass is 10.1. The Bertz CT molecular complexity index is 563. The van der Waals surface area contributed by atoms with Crippen LogP contribution in [0.4, 0.5) is 0 Å². The maximum atomic E-state index is 10.9. The molecule has 0 aliphatic heterocycles. The summed E-state index contributed by atoms with van der Waals surface area (Å²) in [6.07, 6.45) is 0. The second-order valence-electron chi connectivity index (χ2n) is 3.32. The van der Waals surface area contributed by atoms with Crippen LogP contribution >= 0.6 is 22.9 Å². The van der Waals surface area contributed by atoms with Crippen molar-refractivity contribution < 1.29 is 14.6 Å². The van der Waals surface area contributed by atoms with Crippen molar-refractivity contribution in [1.82, 2.24) is 0 Å². The Balaban J connectivity index is 2.57.